The van der Waals surface area contributed by atoms with Gasteiger partial charge < -0.3 is 25.4 Å². The number of carbonyl (C=O) groups excluding carboxylic acids is 1. The van der Waals surface area contributed by atoms with Crippen LogP contribution in [0.5, 0.6) is 0 Å². The first-order valence-corrected chi connectivity index (χ1v) is 9.32. The minimum atomic E-state index is 0.0651. The molecule has 3 N–H and O–H groups in total. The van der Waals surface area contributed by atoms with Gasteiger partial charge in [0.2, 0.25) is 0 Å². The number of likely N-dealkylation sites (tertiary alicyclic amines) is 1. The zero-order valence-electron chi connectivity index (χ0n) is 14.7. The lowest BCUT2D eigenvalue weighted by atomic mass is 10.0. The Labute approximate surface area is 152 Å². The van der Waals surface area contributed by atoms with Gasteiger partial charge in [0, 0.05) is 30.9 Å². The summed E-state index contributed by atoms with van der Waals surface area (Å²) >= 11 is 0. The van der Waals surface area contributed by atoms with Crippen molar-refractivity contribution in [1.82, 2.24) is 10.2 Å². The van der Waals surface area contributed by atoms with Crippen molar-refractivity contribution in [2.24, 2.45) is 0 Å². The van der Waals surface area contributed by atoms with Crippen molar-refractivity contribution in [3.8, 4) is 0 Å². The van der Waals surface area contributed by atoms with Crippen LogP contribution in [0.15, 0.2) is 23.9 Å². The predicted octanol–water partition coefficient (Wildman–Crippen LogP) is 0.419. The van der Waals surface area contributed by atoms with Crippen molar-refractivity contribution >= 4 is 22.9 Å². The van der Waals surface area contributed by atoms with E-state index in [1.165, 1.54) is 0 Å². The second-order valence-electron chi connectivity index (χ2n) is 7.41. The number of hydrogen-bond acceptors (Lipinski definition) is 6. The summed E-state index contributed by atoms with van der Waals surface area (Å²) in [6.45, 7) is 5.37. The molecule has 7 nitrogen and oxygen atoms in total. The molecule has 4 heterocycles. The first kappa shape index (κ1) is 16.1. The van der Waals surface area contributed by atoms with E-state index in [2.05, 4.69) is 10.2 Å². The number of ether oxygens (including phenoxy) is 2. The van der Waals surface area contributed by atoms with E-state index >= 15 is 0 Å². The van der Waals surface area contributed by atoms with Gasteiger partial charge in [-0.2, -0.15) is 0 Å². The number of morpholine rings is 1. The van der Waals surface area contributed by atoms with Crippen molar-refractivity contribution < 1.29 is 14.3 Å². The molecule has 0 spiro atoms. The summed E-state index contributed by atoms with van der Waals surface area (Å²) in [6.07, 6.45) is 0.985. The molecule has 5 rings (SSSR count). The second kappa shape index (κ2) is 6.26. The van der Waals surface area contributed by atoms with Crippen LogP contribution in [0.4, 0.5) is 11.4 Å². The summed E-state index contributed by atoms with van der Waals surface area (Å²) < 4.78 is 10.9. The second-order valence-corrected chi connectivity index (χ2v) is 7.41. The molecule has 26 heavy (non-hydrogen) atoms. The Morgan fingerprint density at radius 2 is 2.08 bits per heavy atom. The fraction of sp³-hybridized carbons (Fsp3) is 0.526. The third-order valence-electron chi connectivity index (χ3n) is 5.81. The normalized spacial score (nSPS) is 29.6. The molecule has 138 valence electrons. The zero-order chi connectivity index (χ0) is 17.7. The highest BCUT2D eigenvalue weighted by atomic mass is 16.5. The van der Waals surface area contributed by atoms with Crippen LogP contribution in [-0.4, -0.2) is 69.0 Å². The van der Waals surface area contributed by atoms with Crippen LogP contribution in [0.2, 0.25) is 0 Å². The molecule has 3 saturated heterocycles. The van der Waals surface area contributed by atoms with Crippen molar-refractivity contribution in [3.05, 3.63) is 29.5 Å². The monoisotopic (exact) mass is 356 g/mol. The number of carbonyl (C=O) groups is 1. The van der Waals surface area contributed by atoms with Crippen LogP contribution < -0.4 is 16.0 Å². The number of nitrogens with zero attached hydrogens (tertiary/aromatic N) is 2. The number of fused-ring (bicyclic) bond motifs is 1. The molecule has 0 bridgehead atoms. The maximum Gasteiger partial charge on any atom is 0.261 e. The predicted molar refractivity (Wildman–Crippen MR) is 98.7 cm³/mol. The number of nitrogens with two attached hydrogens (primary N) is 1. The van der Waals surface area contributed by atoms with Gasteiger partial charge in [0.15, 0.2) is 0 Å². The average Bonchev–Trinajstić information content (AvgIpc) is 3.16. The quantitative estimate of drug-likeness (QED) is 0.591. The fourth-order valence-corrected chi connectivity index (χ4v) is 4.37. The minimum Gasteiger partial charge on any atom is -0.399 e. The molecule has 0 saturated carbocycles. The van der Waals surface area contributed by atoms with E-state index < -0.39 is 0 Å². The maximum absolute atomic E-state index is 13.4. The van der Waals surface area contributed by atoms with E-state index in [0.717, 1.165) is 61.8 Å². The summed E-state index contributed by atoms with van der Waals surface area (Å²) in [5, 5.41) is 3.35. The Hall–Kier alpha value is -2.09. The Bertz CT molecular complexity index is 766. The average molecular weight is 356 g/mol. The molecule has 1 atom stereocenters. The number of amides is 1. The molecule has 0 unspecified atom stereocenters. The van der Waals surface area contributed by atoms with Gasteiger partial charge in [-0.1, -0.05) is 0 Å². The largest absolute Gasteiger partial charge is 0.399 e. The van der Waals surface area contributed by atoms with Crippen LogP contribution in [0.25, 0.3) is 5.57 Å². The van der Waals surface area contributed by atoms with Gasteiger partial charge in [0.05, 0.1) is 55.5 Å². The molecule has 4 aliphatic rings. The number of nitrogen functional groups attached to an aromatic ring is 1. The van der Waals surface area contributed by atoms with Gasteiger partial charge in [0.1, 0.15) is 0 Å². The molecule has 3 fully saturated rings. The summed E-state index contributed by atoms with van der Waals surface area (Å²) in [5.74, 6) is 0.0651. The van der Waals surface area contributed by atoms with Gasteiger partial charge in [0.25, 0.3) is 5.91 Å². The SMILES string of the molecule is Nc1ccc2c(c1)/C(=C1\COCCN1)C(=O)N2[C@H]1CCN(C2COC2)C1. The molecular weight excluding hydrogens is 332 g/mol. The Morgan fingerprint density at radius 1 is 1.19 bits per heavy atom. The molecule has 0 radical (unpaired) electrons. The minimum absolute atomic E-state index is 0.0651. The fourth-order valence-electron chi connectivity index (χ4n) is 4.37. The van der Waals surface area contributed by atoms with Crippen molar-refractivity contribution in [3.63, 3.8) is 0 Å². The van der Waals surface area contributed by atoms with Gasteiger partial charge >= 0.3 is 0 Å². The molecule has 0 aromatic heterocycles. The van der Waals surface area contributed by atoms with Gasteiger partial charge in [-0.3, -0.25) is 9.69 Å². The molecular formula is C19H24N4O3. The van der Waals surface area contributed by atoms with Crippen LogP contribution >= 0.6 is 0 Å². The van der Waals surface area contributed by atoms with Crippen LogP contribution in [-0.2, 0) is 14.3 Å². The maximum atomic E-state index is 13.4. The summed E-state index contributed by atoms with van der Waals surface area (Å²) in [5.41, 5.74) is 10.2. The third-order valence-corrected chi connectivity index (χ3v) is 5.81. The highest BCUT2D eigenvalue weighted by Gasteiger charge is 2.43. The van der Waals surface area contributed by atoms with Crippen molar-refractivity contribution in [2.45, 2.75) is 18.5 Å². The van der Waals surface area contributed by atoms with Gasteiger partial charge in [-0.05, 0) is 24.6 Å². The summed E-state index contributed by atoms with van der Waals surface area (Å²) in [6, 6.07) is 6.47. The lowest BCUT2D eigenvalue weighted by Crippen LogP contribution is -2.49. The first-order chi connectivity index (χ1) is 12.7. The third kappa shape index (κ3) is 2.50. The smallest absolute Gasteiger partial charge is 0.261 e. The molecule has 1 aromatic rings. The number of anilines is 2. The lowest BCUT2D eigenvalue weighted by molar-refractivity contribution is -0.113. The molecule has 1 amide bonds. The number of rotatable bonds is 2. The van der Waals surface area contributed by atoms with Crippen LogP contribution in [0.3, 0.4) is 0 Å². The molecule has 7 heteroatoms. The standard InChI is InChI=1S/C19H24N4O3/c20-12-1-2-17-15(7-12)18(16-11-25-6-4-21-16)19(24)23(17)13-3-5-22(8-13)14-9-26-10-14/h1-2,7,13-14,21H,3-6,8-11,20H2/b18-16-/t13-/m0/s1. The number of nitrogens with one attached hydrogen (secondary N) is 1. The van der Waals surface area contributed by atoms with E-state index in [9.17, 15) is 4.79 Å². The molecule has 1 aromatic carbocycles. The van der Waals surface area contributed by atoms with E-state index in [1.807, 2.05) is 23.1 Å². The molecule has 0 aliphatic carbocycles. The van der Waals surface area contributed by atoms with Crippen LogP contribution in [0.1, 0.15) is 12.0 Å². The lowest BCUT2D eigenvalue weighted by Gasteiger charge is -2.35. The van der Waals surface area contributed by atoms with E-state index in [4.69, 9.17) is 15.2 Å². The van der Waals surface area contributed by atoms with Crippen LogP contribution in [0, 0.1) is 0 Å². The van der Waals surface area contributed by atoms with E-state index in [-0.39, 0.29) is 11.9 Å². The first-order valence-electron chi connectivity index (χ1n) is 9.32. The highest BCUT2D eigenvalue weighted by molar-refractivity contribution is 6.33. The molecule has 4 aliphatic heterocycles. The van der Waals surface area contributed by atoms with Crippen molar-refractivity contribution in [1.29, 1.82) is 0 Å². The summed E-state index contributed by atoms with van der Waals surface area (Å²) in [7, 11) is 0. The van der Waals surface area contributed by atoms with Gasteiger partial charge in [-0.15, -0.1) is 0 Å². The topological polar surface area (TPSA) is 80.1 Å². The highest BCUT2D eigenvalue weighted by Crippen LogP contribution is 2.42. The Kier molecular flexibility index (Phi) is 3.88. The number of hydrogen-bond donors (Lipinski definition) is 2. The Balaban J connectivity index is 1.50. The van der Waals surface area contributed by atoms with E-state index in [1.54, 1.807) is 0 Å². The van der Waals surface area contributed by atoms with Gasteiger partial charge in [-0.25, -0.2) is 0 Å². The van der Waals surface area contributed by atoms with Crippen molar-refractivity contribution in [2.75, 3.05) is 56.7 Å². The summed E-state index contributed by atoms with van der Waals surface area (Å²) in [4.78, 5) is 17.8. The Morgan fingerprint density at radius 3 is 2.81 bits per heavy atom. The van der Waals surface area contributed by atoms with E-state index in [0.29, 0.717) is 24.9 Å². The zero-order valence-corrected chi connectivity index (χ0v) is 14.7. The number of benzene rings is 1.